The highest BCUT2D eigenvalue weighted by molar-refractivity contribution is 14.1. The molecule has 0 fully saturated rings. The van der Waals surface area contributed by atoms with Crippen LogP contribution in [0.1, 0.15) is 32.5 Å². The first-order valence-corrected chi connectivity index (χ1v) is 8.30. The van der Waals surface area contributed by atoms with Crippen molar-refractivity contribution >= 4 is 51.5 Å². The fourth-order valence-electron chi connectivity index (χ4n) is 1.79. The molecule has 0 atom stereocenters. The second kappa shape index (κ2) is 7.26. The normalized spacial score (nSPS) is 10.8. The zero-order chi connectivity index (χ0) is 15.4. The molecule has 0 saturated carbocycles. The van der Waals surface area contributed by atoms with Crippen molar-refractivity contribution in [3.05, 3.63) is 38.7 Å². The summed E-state index contributed by atoms with van der Waals surface area (Å²) in [7, 11) is 0. The van der Waals surface area contributed by atoms with E-state index in [1.807, 2.05) is 31.2 Å². The Labute approximate surface area is 143 Å². The summed E-state index contributed by atoms with van der Waals surface area (Å²) in [5.41, 5.74) is 0.841. The third-order valence-electron chi connectivity index (χ3n) is 2.81. The van der Waals surface area contributed by atoms with Crippen LogP contribution in [0.3, 0.4) is 0 Å². The van der Waals surface area contributed by atoms with E-state index in [2.05, 4.69) is 57.0 Å². The van der Waals surface area contributed by atoms with Crippen LogP contribution in [0, 0.1) is 3.57 Å². The van der Waals surface area contributed by atoms with E-state index in [4.69, 9.17) is 11.6 Å². The number of rotatable bonds is 5. The van der Waals surface area contributed by atoms with E-state index in [9.17, 15) is 0 Å². The van der Waals surface area contributed by atoms with Crippen LogP contribution in [0.5, 0.6) is 0 Å². The van der Waals surface area contributed by atoms with Crippen molar-refractivity contribution in [1.82, 2.24) is 9.97 Å². The molecule has 21 heavy (non-hydrogen) atoms. The number of benzene rings is 1. The molecule has 1 heterocycles. The Morgan fingerprint density at radius 3 is 2.52 bits per heavy atom. The van der Waals surface area contributed by atoms with Gasteiger partial charge in [0.2, 0.25) is 0 Å². The zero-order valence-corrected chi connectivity index (χ0v) is 15.2. The summed E-state index contributed by atoms with van der Waals surface area (Å²) >= 11 is 8.49. The van der Waals surface area contributed by atoms with Crippen LogP contribution in [0.25, 0.3) is 0 Å². The predicted molar refractivity (Wildman–Crippen MR) is 97.7 cm³/mol. The number of nitrogens with zero attached hydrogens (tertiary/aromatic N) is 2. The van der Waals surface area contributed by atoms with Crippen LogP contribution in [0.2, 0.25) is 5.02 Å². The zero-order valence-electron chi connectivity index (χ0n) is 12.2. The first-order chi connectivity index (χ1) is 9.99. The Morgan fingerprint density at radius 2 is 1.90 bits per heavy atom. The highest BCUT2D eigenvalue weighted by atomic mass is 127. The first kappa shape index (κ1) is 16.3. The summed E-state index contributed by atoms with van der Waals surface area (Å²) in [5, 5.41) is 7.17. The van der Waals surface area contributed by atoms with E-state index in [1.54, 1.807) is 0 Å². The van der Waals surface area contributed by atoms with Gasteiger partial charge in [0.25, 0.3) is 0 Å². The van der Waals surface area contributed by atoms with Crippen molar-refractivity contribution in [3.63, 3.8) is 0 Å². The van der Waals surface area contributed by atoms with Crippen molar-refractivity contribution in [3.8, 4) is 0 Å². The Kier molecular flexibility index (Phi) is 5.64. The largest absolute Gasteiger partial charge is 0.370 e. The molecule has 2 N–H and O–H groups in total. The number of hydrogen-bond acceptors (Lipinski definition) is 4. The second-order valence-corrected chi connectivity index (χ2v) is 6.58. The molecule has 0 aliphatic carbocycles. The van der Waals surface area contributed by atoms with E-state index >= 15 is 0 Å². The number of aromatic nitrogens is 2. The van der Waals surface area contributed by atoms with Gasteiger partial charge in [0.05, 0.1) is 10.7 Å². The summed E-state index contributed by atoms with van der Waals surface area (Å²) < 4.78 is 1.10. The topological polar surface area (TPSA) is 49.8 Å². The Bertz CT molecular complexity index is 631. The van der Waals surface area contributed by atoms with E-state index in [0.717, 1.165) is 33.3 Å². The maximum atomic E-state index is 6.26. The van der Waals surface area contributed by atoms with Crippen LogP contribution in [-0.4, -0.2) is 16.5 Å². The Morgan fingerprint density at radius 1 is 1.19 bits per heavy atom. The monoisotopic (exact) mass is 416 g/mol. The first-order valence-electron chi connectivity index (χ1n) is 6.84. The van der Waals surface area contributed by atoms with Gasteiger partial charge in [0, 0.05) is 22.1 Å². The minimum absolute atomic E-state index is 0.261. The van der Waals surface area contributed by atoms with Crippen molar-refractivity contribution < 1.29 is 0 Å². The predicted octanol–water partition coefficient (Wildman–Crippen LogP) is 5.03. The van der Waals surface area contributed by atoms with E-state index in [1.165, 1.54) is 0 Å². The summed E-state index contributed by atoms with van der Waals surface area (Å²) in [6.45, 7) is 7.01. The van der Waals surface area contributed by atoms with Crippen molar-refractivity contribution in [2.24, 2.45) is 0 Å². The van der Waals surface area contributed by atoms with Gasteiger partial charge in [0.15, 0.2) is 0 Å². The standard InChI is InChI=1S/C15H18ClIN4/c1-4-18-13-8-14(21-15(20-13)9(2)3)19-12-6-5-10(17)7-11(12)16/h5-9H,4H2,1-3H3,(H2,18,19,20,21). The maximum absolute atomic E-state index is 6.26. The summed E-state index contributed by atoms with van der Waals surface area (Å²) in [6, 6.07) is 7.77. The van der Waals surface area contributed by atoms with Gasteiger partial charge < -0.3 is 10.6 Å². The van der Waals surface area contributed by atoms with Gasteiger partial charge in [-0.25, -0.2) is 9.97 Å². The molecule has 0 spiro atoms. The molecule has 2 aromatic rings. The molecule has 2 rings (SSSR count). The molecule has 1 aromatic heterocycles. The summed E-state index contributed by atoms with van der Waals surface area (Å²) in [6.07, 6.45) is 0. The molecule has 0 aliphatic heterocycles. The van der Waals surface area contributed by atoms with E-state index in [-0.39, 0.29) is 5.92 Å². The second-order valence-electron chi connectivity index (χ2n) is 4.93. The summed E-state index contributed by atoms with van der Waals surface area (Å²) in [4.78, 5) is 9.06. The molecule has 112 valence electrons. The molecule has 6 heteroatoms. The van der Waals surface area contributed by atoms with Crippen LogP contribution >= 0.6 is 34.2 Å². The van der Waals surface area contributed by atoms with Crippen LogP contribution in [0.4, 0.5) is 17.3 Å². The van der Waals surface area contributed by atoms with Crippen LogP contribution in [0.15, 0.2) is 24.3 Å². The van der Waals surface area contributed by atoms with Gasteiger partial charge >= 0.3 is 0 Å². The SMILES string of the molecule is CCNc1cc(Nc2ccc(I)cc2Cl)nc(C(C)C)n1. The molecular formula is C15H18ClIN4. The highest BCUT2D eigenvalue weighted by Crippen LogP contribution is 2.27. The minimum Gasteiger partial charge on any atom is -0.370 e. The number of hydrogen-bond donors (Lipinski definition) is 2. The molecule has 0 radical (unpaired) electrons. The van der Waals surface area contributed by atoms with E-state index in [0.29, 0.717) is 5.02 Å². The number of anilines is 3. The average molecular weight is 417 g/mol. The van der Waals surface area contributed by atoms with Crippen molar-refractivity contribution in [1.29, 1.82) is 0 Å². The lowest BCUT2D eigenvalue weighted by atomic mass is 10.2. The molecule has 0 saturated heterocycles. The van der Waals surface area contributed by atoms with E-state index < -0.39 is 0 Å². The molecule has 0 aliphatic rings. The quantitative estimate of drug-likeness (QED) is 0.671. The van der Waals surface area contributed by atoms with Gasteiger partial charge in [-0.3, -0.25) is 0 Å². The fraction of sp³-hybridized carbons (Fsp3) is 0.333. The van der Waals surface area contributed by atoms with Gasteiger partial charge in [0.1, 0.15) is 17.5 Å². The fourth-order valence-corrected chi connectivity index (χ4v) is 2.69. The Hall–Kier alpha value is -1.08. The number of halogens is 2. The van der Waals surface area contributed by atoms with Gasteiger partial charge in [-0.05, 0) is 47.7 Å². The van der Waals surface area contributed by atoms with Crippen molar-refractivity contribution in [2.75, 3.05) is 17.2 Å². The summed E-state index contributed by atoms with van der Waals surface area (Å²) in [5.74, 6) is 2.63. The Balaban J connectivity index is 2.33. The lowest BCUT2D eigenvalue weighted by molar-refractivity contribution is 0.777. The van der Waals surface area contributed by atoms with Crippen molar-refractivity contribution in [2.45, 2.75) is 26.7 Å². The van der Waals surface area contributed by atoms with Gasteiger partial charge in [-0.2, -0.15) is 0 Å². The average Bonchev–Trinajstić information content (AvgIpc) is 2.42. The third-order valence-corrected chi connectivity index (χ3v) is 3.80. The molecule has 0 amide bonds. The minimum atomic E-state index is 0.261. The lowest BCUT2D eigenvalue weighted by Gasteiger charge is -2.13. The molecular weight excluding hydrogens is 399 g/mol. The highest BCUT2D eigenvalue weighted by Gasteiger charge is 2.09. The lowest BCUT2D eigenvalue weighted by Crippen LogP contribution is -2.07. The third kappa shape index (κ3) is 4.44. The van der Waals surface area contributed by atoms with Gasteiger partial charge in [-0.1, -0.05) is 25.4 Å². The number of nitrogens with one attached hydrogen (secondary N) is 2. The molecule has 4 nitrogen and oxygen atoms in total. The van der Waals surface area contributed by atoms with Gasteiger partial charge in [-0.15, -0.1) is 0 Å². The smallest absolute Gasteiger partial charge is 0.136 e. The molecule has 1 aromatic carbocycles. The van der Waals surface area contributed by atoms with Crippen LogP contribution in [-0.2, 0) is 0 Å². The molecule has 0 bridgehead atoms. The molecule has 0 unspecified atom stereocenters. The maximum Gasteiger partial charge on any atom is 0.136 e. The van der Waals surface area contributed by atoms with Crippen LogP contribution < -0.4 is 10.6 Å².